The minimum atomic E-state index is -0.890. The van der Waals surface area contributed by atoms with Crippen LogP contribution in [0, 0.1) is 11.8 Å². The molecule has 6 nitrogen and oxygen atoms in total. The highest BCUT2D eigenvalue weighted by Gasteiger charge is 2.23. The summed E-state index contributed by atoms with van der Waals surface area (Å²) >= 11 is 0. The average molecular weight is 281 g/mol. The van der Waals surface area contributed by atoms with Crippen molar-refractivity contribution in [3.8, 4) is 0 Å². The molecule has 20 heavy (non-hydrogen) atoms. The maximum Gasteiger partial charge on any atom is 0.308 e. The largest absolute Gasteiger partial charge is 0.481 e. The molecule has 1 heterocycles. The topological polar surface area (TPSA) is 84.2 Å². The third kappa shape index (κ3) is 3.82. The van der Waals surface area contributed by atoms with Gasteiger partial charge in [0.2, 0.25) is 0 Å². The summed E-state index contributed by atoms with van der Waals surface area (Å²) in [6.45, 7) is 8.28. The van der Waals surface area contributed by atoms with Gasteiger partial charge in [-0.2, -0.15) is 5.10 Å². The molecule has 0 aliphatic heterocycles. The van der Waals surface area contributed by atoms with Crippen molar-refractivity contribution in [2.24, 2.45) is 11.8 Å². The Morgan fingerprint density at radius 2 is 2.05 bits per heavy atom. The molecule has 0 aromatic carbocycles. The number of hydrogen-bond donors (Lipinski definition) is 2. The first-order valence-corrected chi connectivity index (χ1v) is 6.98. The van der Waals surface area contributed by atoms with E-state index in [2.05, 4.69) is 10.4 Å². The van der Waals surface area contributed by atoms with Gasteiger partial charge in [-0.3, -0.25) is 14.3 Å². The van der Waals surface area contributed by atoms with E-state index in [0.717, 1.165) is 12.1 Å². The molecule has 2 N–H and O–H groups in total. The highest BCUT2D eigenvalue weighted by atomic mass is 16.4. The second-order valence-electron chi connectivity index (χ2n) is 5.09. The number of amides is 1. The zero-order chi connectivity index (χ0) is 15.3. The van der Waals surface area contributed by atoms with Crippen LogP contribution in [0.1, 0.15) is 43.9 Å². The molecular formula is C14H23N3O3. The third-order valence-electron chi connectivity index (χ3n) is 3.33. The van der Waals surface area contributed by atoms with Crippen LogP contribution in [0.25, 0.3) is 0 Å². The number of carboxylic acid groups (broad SMARTS) is 1. The number of aryl methyl sites for hydroxylation is 2. The zero-order valence-corrected chi connectivity index (χ0v) is 12.5. The number of aliphatic carboxylic acids is 1. The molecular weight excluding hydrogens is 258 g/mol. The van der Waals surface area contributed by atoms with E-state index in [-0.39, 0.29) is 18.4 Å². The maximum absolute atomic E-state index is 12.1. The average Bonchev–Trinajstić information content (AvgIpc) is 2.81. The van der Waals surface area contributed by atoms with Crippen LogP contribution < -0.4 is 5.32 Å². The van der Waals surface area contributed by atoms with E-state index in [1.807, 2.05) is 27.7 Å². The summed E-state index contributed by atoms with van der Waals surface area (Å²) in [6, 6.07) is 1.75. The van der Waals surface area contributed by atoms with Crippen LogP contribution in [-0.4, -0.2) is 33.3 Å². The van der Waals surface area contributed by atoms with Crippen LogP contribution in [0.5, 0.6) is 0 Å². The van der Waals surface area contributed by atoms with Gasteiger partial charge in [0.05, 0.1) is 11.6 Å². The van der Waals surface area contributed by atoms with Crippen LogP contribution in [0.3, 0.4) is 0 Å². The Kier molecular flexibility index (Phi) is 5.73. The summed E-state index contributed by atoms with van der Waals surface area (Å²) in [7, 11) is 0. The molecule has 6 heteroatoms. The Hall–Kier alpha value is -1.85. The Morgan fingerprint density at radius 3 is 2.50 bits per heavy atom. The second kappa shape index (κ2) is 7.07. The lowest BCUT2D eigenvalue weighted by molar-refractivity contribution is -0.142. The van der Waals surface area contributed by atoms with Gasteiger partial charge >= 0.3 is 5.97 Å². The fraction of sp³-hybridized carbons (Fsp3) is 0.643. The van der Waals surface area contributed by atoms with Crippen molar-refractivity contribution in [1.29, 1.82) is 0 Å². The van der Waals surface area contributed by atoms with Gasteiger partial charge in [-0.25, -0.2) is 0 Å². The van der Waals surface area contributed by atoms with E-state index in [9.17, 15) is 9.59 Å². The Morgan fingerprint density at radius 1 is 1.40 bits per heavy atom. The van der Waals surface area contributed by atoms with Gasteiger partial charge in [-0.1, -0.05) is 20.8 Å². The number of hydrogen-bond acceptors (Lipinski definition) is 3. The van der Waals surface area contributed by atoms with Gasteiger partial charge in [0.25, 0.3) is 5.91 Å². The molecule has 0 saturated heterocycles. The highest BCUT2D eigenvalue weighted by molar-refractivity contribution is 5.93. The van der Waals surface area contributed by atoms with Gasteiger partial charge in [0.1, 0.15) is 5.69 Å². The number of aromatic nitrogens is 2. The predicted octanol–water partition coefficient (Wildman–Crippen LogP) is 1.55. The van der Waals surface area contributed by atoms with Crippen LogP contribution in [0.4, 0.5) is 0 Å². The lowest BCUT2D eigenvalue weighted by Crippen LogP contribution is -2.36. The van der Waals surface area contributed by atoms with Crippen molar-refractivity contribution < 1.29 is 14.7 Å². The van der Waals surface area contributed by atoms with Crippen molar-refractivity contribution in [1.82, 2.24) is 15.1 Å². The number of carbonyl (C=O) groups excluding carboxylic acids is 1. The number of carbonyl (C=O) groups is 2. The number of nitrogens with one attached hydrogen (secondary N) is 1. The SMILES string of the molecule is CCc1cc(C(=O)NCC(C(=O)O)C(C)C)n(CC)n1. The third-order valence-corrected chi connectivity index (χ3v) is 3.33. The molecule has 0 aliphatic carbocycles. The molecule has 0 aliphatic rings. The van der Waals surface area contributed by atoms with Crippen molar-refractivity contribution in [2.45, 2.75) is 40.7 Å². The fourth-order valence-electron chi connectivity index (χ4n) is 1.97. The summed E-state index contributed by atoms with van der Waals surface area (Å²) in [5, 5.41) is 16.1. The van der Waals surface area contributed by atoms with Crippen molar-refractivity contribution >= 4 is 11.9 Å². The molecule has 0 saturated carbocycles. The molecule has 1 atom stereocenters. The summed E-state index contributed by atoms with van der Waals surface area (Å²) in [6.07, 6.45) is 0.761. The van der Waals surface area contributed by atoms with Gasteiger partial charge in [0, 0.05) is 13.1 Å². The normalized spacial score (nSPS) is 12.4. The molecule has 1 unspecified atom stereocenters. The molecule has 1 aromatic heterocycles. The Labute approximate surface area is 119 Å². The maximum atomic E-state index is 12.1. The second-order valence-corrected chi connectivity index (χ2v) is 5.09. The molecule has 0 bridgehead atoms. The minimum Gasteiger partial charge on any atom is -0.481 e. The summed E-state index contributed by atoms with van der Waals surface area (Å²) < 4.78 is 1.64. The molecule has 1 amide bonds. The first kappa shape index (κ1) is 16.2. The molecule has 112 valence electrons. The van der Waals surface area contributed by atoms with E-state index in [1.165, 1.54) is 0 Å². The van der Waals surface area contributed by atoms with Crippen LogP contribution >= 0.6 is 0 Å². The molecule has 0 fully saturated rings. The first-order chi connectivity index (χ1) is 9.40. The van der Waals surface area contributed by atoms with Crippen molar-refractivity contribution in [3.05, 3.63) is 17.5 Å². The zero-order valence-electron chi connectivity index (χ0n) is 12.5. The van der Waals surface area contributed by atoms with Gasteiger partial charge in [-0.15, -0.1) is 0 Å². The van der Waals surface area contributed by atoms with E-state index in [0.29, 0.717) is 12.2 Å². The highest BCUT2D eigenvalue weighted by Crippen LogP contribution is 2.11. The molecule has 0 spiro atoms. The van der Waals surface area contributed by atoms with E-state index in [4.69, 9.17) is 5.11 Å². The van der Waals surface area contributed by atoms with Gasteiger partial charge < -0.3 is 10.4 Å². The Bertz CT molecular complexity index is 480. The smallest absolute Gasteiger partial charge is 0.308 e. The monoisotopic (exact) mass is 281 g/mol. The Balaban J connectivity index is 2.76. The quantitative estimate of drug-likeness (QED) is 0.794. The lowest BCUT2D eigenvalue weighted by atomic mass is 9.96. The number of carboxylic acids is 1. The minimum absolute atomic E-state index is 0.0323. The van der Waals surface area contributed by atoms with Gasteiger partial charge in [-0.05, 0) is 25.3 Å². The first-order valence-electron chi connectivity index (χ1n) is 6.98. The standard InChI is InChI=1S/C14H23N3O3/c1-5-10-7-12(17(6-2)16-10)13(18)15-8-11(9(3)4)14(19)20/h7,9,11H,5-6,8H2,1-4H3,(H,15,18)(H,19,20). The van der Waals surface area contributed by atoms with E-state index >= 15 is 0 Å². The number of rotatable bonds is 7. The molecule has 0 radical (unpaired) electrons. The van der Waals surface area contributed by atoms with Crippen molar-refractivity contribution in [2.75, 3.05) is 6.54 Å². The van der Waals surface area contributed by atoms with Gasteiger partial charge in [0.15, 0.2) is 0 Å². The lowest BCUT2D eigenvalue weighted by Gasteiger charge is -2.16. The van der Waals surface area contributed by atoms with Crippen LogP contribution in [-0.2, 0) is 17.8 Å². The van der Waals surface area contributed by atoms with Crippen LogP contribution in [0.15, 0.2) is 6.07 Å². The summed E-state index contributed by atoms with van der Waals surface area (Å²) in [5.74, 6) is -1.78. The fourth-order valence-corrected chi connectivity index (χ4v) is 1.97. The van der Waals surface area contributed by atoms with E-state index in [1.54, 1.807) is 10.7 Å². The van der Waals surface area contributed by atoms with E-state index < -0.39 is 11.9 Å². The van der Waals surface area contributed by atoms with Crippen LogP contribution in [0.2, 0.25) is 0 Å². The predicted molar refractivity (Wildman–Crippen MR) is 75.6 cm³/mol. The van der Waals surface area contributed by atoms with Crippen molar-refractivity contribution in [3.63, 3.8) is 0 Å². The molecule has 1 rings (SSSR count). The number of nitrogens with zero attached hydrogens (tertiary/aromatic N) is 2. The summed E-state index contributed by atoms with van der Waals surface area (Å²) in [5.41, 5.74) is 1.34. The summed E-state index contributed by atoms with van der Waals surface area (Å²) in [4.78, 5) is 23.2. The molecule has 1 aromatic rings.